The number of ketones is 1. The Bertz CT molecular complexity index is 563. The summed E-state index contributed by atoms with van der Waals surface area (Å²) in [4.78, 5) is 49.0. The molecule has 0 fully saturated rings. The van der Waals surface area contributed by atoms with Gasteiger partial charge in [-0.2, -0.15) is 4.79 Å². The molecule has 10 nitrogen and oxygen atoms in total. The molecule has 1 atom stereocenters. The van der Waals surface area contributed by atoms with Crippen LogP contribution in [0.2, 0.25) is 0 Å². The Balaban J connectivity index is 4.44. The number of alkyl carbamates (subject to hydrolysis) is 1. The van der Waals surface area contributed by atoms with Crippen molar-refractivity contribution in [2.75, 3.05) is 19.8 Å². The number of ether oxygens (including phenoxy) is 3. The predicted molar refractivity (Wildman–Crippen MR) is 89.2 cm³/mol. The lowest BCUT2D eigenvalue weighted by atomic mass is 9.97. The molecule has 26 heavy (non-hydrogen) atoms. The van der Waals surface area contributed by atoms with E-state index in [1.807, 2.05) is 0 Å². The van der Waals surface area contributed by atoms with Crippen LogP contribution in [-0.4, -0.2) is 60.7 Å². The summed E-state index contributed by atoms with van der Waals surface area (Å²) in [6.07, 6.45) is -0.419. The summed E-state index contributed by atoms with van der Waals surface area (Å²) in [5.74, 6) is -1.68. The monoisotopic (exact) mass is 371 g/mol. The van der Waals surface area contributed by atoms with Crippen LogP contribution in [-0.2, 0) is 28.6 Å². The van der Waals surface area contributed by atoms with Gasteiger partial charge in [0.1, 0.15) is 19.3 Å². The lowest BCUT2D eigenvalue weighted by molar-refractivity contribution is -0.153. The molecule has 1 N–H and O–H groups in total. The average molecular weight is 371 g/mol. The molecule has 0 radical (unpaired) electrons. The van der Waals surface area contributed by atoms with Crippen LogP contribution in [0.25, 0.3) is 5.53 Å². The minimum absolute atomic E-state index is 0.0577. The molecule has 0 aromatic heterocycles. The van der Waals surface area contributed by atoms with Gasteiger partial charge in [-0.25, -0.2) is 9.59 Å². The molecule has 1 amide bonds. The molecular weight excluding hydrogens is 346 g/mol. The van der Waals surface area contributed by atoms with E-state index in [0.29, 0.717) is 6.21 Å². The highest BCUT2D eigenvalue weighted by molar-refractivity contribution is 6.25. The number of hydrogen-bond acceptors (Lipinski definition) is 7. The Hall–Kier alpha value is -2.74. The third kappa shape index (κ3) is 10.2. The van der Waals surface area contributed by atoms with Crippen molar-refractivity contribution in [3.05, 3.63) is 5.53 Å². The molecule has 10 heteroatoms. The Morgan fingerprint density at radius 3 is 2.27 bits per heavy atom. The summed E-state index contributed by atoms with van der Waals surface area (Å²) in [5.41, 5.74) is 7.62. The van der Waals surface area contributed by atoms with E-state index in [2.05, 4.69) is 10.1 Å². The van der Waals surface area contributed by atoms with Gasteiger partial charge in [0, 0.05) is 6.42 Å². The van der Waals surface area contributed by atoms with Gasteiger partial charge >= 0.3 is 24.2 Å². The standard InChI is InChI=1S/C16H25N3O7/c1-5-24-13(21)12(7-6-11(20)10-18-17)19-15(23)26-9-8-25-14(22)16(2,3)4/h10,12H,5-9H2,1-4H3,(H,19,23). The number of nitrogens with zero attached hydrogens (tertiary/aromatic N) is 2. The van der Waals surface area contributed by atoms with E-state index < -0.39 is 35.3 Å². The van der Waals surface area contributed by atoms with Crippen LogP contribution in [0.1, 0.15) is 40.5 Å². The number of carbonyl (C=O) groups excluding carboxylic acids is 4. The molecule has 0 rings (SSSR count). The molecule has 0 saturated carbocycles. The summed E-state index contributed by atoms with van der Waals surface area (Å²) in [5, 5.41) is 2.28. The molecule has 0 bridgehead atoms. The average Bonchev–Trinajstić information content (AvgIpc) is 2.54. The topological polar surface area (TPSA) is 144 Å². The van der Waals surface area contributed by atoms with E-state index in [1.54, 1.807) is 27.7 Å². The van der Waals surface area contributed by atoms with Gasteiger partial charge in [0.2, 0.25) is 5.78 Å². The van der Waals surface area contributed by atoms with Crippen molar-refractivity contribution in [2.24, 2.45) is 5.41 Å². The number of rotatable bonds is 10. The molecule has 0 aromatic rings. The zero-order valence-electron chi connectivity index (χ0n) is 15.4. The first-order valence-corrected chi connectivity index (χ1v) is 8.09. The first-order valence-electron chi connectivity index (χ1n) is 8.09. The highest BCUT2D eigenvalue weighted by atomic mass is 16.6. The second-order valence-electron chi connectivity index (χ2n) is 6.22. The van der Waals surface area contributed by atoms with Gasteiger partial charge in [0.25, 0.3) is 0 Å². The molecule has 0 aliphatic heterocycles. The second kappa shape index (κ2) is 11.8. The first-order chi connectivity index (χ1) is 12.1. The summed E-state index contributed by atoms with van der Waals surface area (Å²) < 4.78 is 14.6. The molecule has 0 aliphatic rings. The minimum Gasteiger partial charge on any atom is -0.464 e. The maximum Gasteiger partial charge on any atom is 0.407 e. The SMILES string of the molecule is CCOC(=O)C(CCC(=O)C=[N+]=[N-])NC(=O)OCCOC(=O)C(C)(C)C. The fraction of sp³-hybridized carbons (Fsp3) is 0.688. The van der Waals surface area contributed by atoms with E-state index in [4.69, 9.17) is 19.7 Å². The van der Waals surface area contributed by atoms with E-state index in [1.165, 1.54) is 0 Å². The Kier molecular flexibility index (Phi) is 10.5. The highest BCUT2D eigenvalue weighted by Crippen LogP contribution is 2.14. The molecule has 0 aromatic carbocycles. The molecule has 0 saturated heterocycles. The molecule has 0 spiro atoms. The Morgan fingerprint density at radius 2 is 1.73 bits per heavy atom. The van der Waals surface area contributed by atoms with Crippen LogP contribution in [0.3, 0.4) is 0 Å². The van der Waals surface area contributed by atoms with Crippen molar-refractivity contribution in [1.82, 2.24) is 5.32 Å². The van der Waals surface area contributed by atoms with Crippen molar-refractivity contribution in [2.45, 2.75) is 46.6 Å². The zero-order chi connectivity index (χ0) is 20.2. The quantitative estimate of drug-likeness (QED) is 0.150. The predicted octanol–water partition coefficient (Wildman–Crippen LogP) is 0.883. The van der Waals surface area contributed by atoms with Gasteiger partial charge < -0.3 is 25.1 Å². The number of hydrogen-bond donors (Lipinski definition) is 1. The fourth-order valence-corrected chi connectivity index (χ4v) is 1.58. The number of Topliss-reactive ketones (excluding diaryl/α,β-unsaturated/α-hetero) is 1. The maximum absolute atomic E-state index is 11.8. The molecular formula is C16H25N3O7. The summed E-state index contributed by atoms with van der Waals surface area (Å²) in [7, 11) is 0. The van der Waals surface area contributed by atoms with Gasteiger partial charge in [-0.15, -0.1) is 0 Å². The Labute approximate surface area is 151 Å². The van der Waals surface area contributed by atoms with E-state index in [-0.39, 0.29) is 32.7 Å². The van der Waals surface area contributed by atoms with Gasteiger partial charge in [-0.05, 0) is 34.1 Å². The fourth-order valence-electron chi connectivity index (χ4n) is 1.58. The third-order valence-electron chi connectivity index (χ3n) is 2.91. The minimum atomic E-state index is -1.10. The zero-order valence-corrected chi connectivity index (χ0v) is 15.4. The van der Waals surface area contributed by atoms with Crippen molar-refractivity contribution in [3.63, 3.8) is 0 Å². The van der Waals surface area contributed by atoms with Crippen LogP contribution in [0.4, 0.5) is 4.79 Å². The van der Waals surface area contributed by atoms with Crippen LogP contribution < -0.4 is 5.32 Å². The van der Waals surface area contributed by atoms with Gasteiger partial charge in [-0.1, -0.05) is 0 Å². The second-order valence-corrected chi connectivity index (χ2v) is 6.22. The molecule has 0 aliphatic carbocycles. The number of nitrogens with one attached hydrogen (secondary N) is 1. The lowest BCUT2D eigenvalue weighted by Crippen LogP contribution is -2.42. The Morgan fingerprint density at radius 1 is 1.12 bits per heavy atom. The number of amides is 1. The van der Waals surface area contributed by atoms with Gasteiger partial charge in [0.15, 0.2) is 0 Å². The van der Waals surface area contributed by atoms with Gasteiger partial charge in [0.05, 0.1) is 12.0 Å². The lowest BCUT2D eigenvalue weighted by Gasteiger charge is -2.18. The van der Waals surface area contributed by atoms with Crippen LogP contribution in [0.15, 0.2) is 0 Å². The number of esters is 2. The summed E-state index contributed by atoms with van der Waals surface area (Å²) in [6.45, 7) is 6.44. The summed E-state index contributed by atoms with van der Waals surface area (Å²) >= 11 is 0. The van der Waals surface area contributed by atoms with Crippen molar-refractivity contribution in [3.8, 4) is 0 Å². The van der Waals surface area contributed by atoms with Crippen molar-refractivity contribution in [1.29, 1.82) is 0 Å². The van der Waals surface area contributed by atoms with Crippen LogP contribution in [0, 0.1) is 5.41 Å². The number of carbonyl (C=O) groups is 4. The largest absolute Gasteiger partial charge is 0.464 e. The van der Waals surface area contributed by atoms with Crippen molar-refractivity contribution >= 4 is 30.0 Å². The molecule has 0 heterocycles. The molecule has 146 valence electrons. The first kappa shape index (κ1) is 23.3. The van der Waals surface area contributed by atoms with Gasteiger partial charge in [-0.3, -0.25) is 9.59 Å². The van der Waals surface area contributed by atoms with Crippen LogP contribution >= 0.6 is 0 Å². The van der Waals surface area contributed by atoms with E-state index in [0.717, 1.165) is 0 Å². The molecule has 1 unspecified atom stereocenters. The van der Waals surface area contributed by atoms with Crippen LogP contribution in [0.5, 0.6) is 0 Å². The highest BCUT2D eigenvalue weighted by Gasteiger charge is 2.25. The van der Waals surface area contributed by atoms with Crippen molar-refractivity contribution < 1.29 is 38.2 Å². The van der Waals surface area contributed by atoms with E-state index >= 15 is 0 Å². The van der Waals surface area contributed by atoms with E-state index in [9.17, 15) is 19.2 Å². The third-order valence-corrected chi connectivity index (χ3v) is 2.91. The maximum atomic E-state index is 11.8. The normalized spacial score (nSPS) is 11.5. The smallest absolute Gasteiger partial charge is 0.407 e. The summed E-state index contributed by atoms with van der Waals surface area (Å²) in [6, 6.07) is -1.10.